The van der Waals surface area contributed by atoms with Crippen LogP contribution in [0.2, 0.25) is 0 Å². The minimum Gasteiger partial charge on any atom is -0.452 e. The fourth-order valence-corrected chi connectivity index (χ4v) is 3.93. The number of aryl methyl sites for hydroxylation is 1. The summed E-state index contributed by atoms with van der Waals surface area (Å²) in [6.07, 6.45) is 0. The number of aromatic nitrogens is 3. The molecule has 7 heteroatoms. The van der Waals surface area contributed by atoms with Crippen LogP contribution in [0, 0.1) is 13.8 Å². The van der Waals surface area contributed by atoms with Crippen molar-refractivity contribution in [2.45, 2.75) is 40.0 Å². The first-order chi connectivity index (χ1) is 16.6. The Hall–Kier alpha value is -4.13. The van der Waals surface area contributed by atoms with E-state index in [1.165, 1.54) is 0 Å². The van der Waals surface area contributed by atoms with Gasteiger partial charge in [-0.25, -0.2) is 9.48 Å². The first-order valence-corrected chi connectivity index (χ1v) is 11.5. The molecule has 0 saturated carbocycles. The van der Waals surface area contributed by atoms with Crippen LogP contribution in [-0.2, 0) is 14.9 Å². The number of carbonyl (C=O) groups excluding carboxylic acids is 2. The van der Waals surface area contributed by atoms with Gasteiger partial charge in [0.15, 0.2) is 6.61 Å². The summed E-state index contributed by atoms with van der Waals surface area (Å²) in [7, 11) is 0. The number of para-hydroxylation sites is 2. The van der Waals surface area contributed by atoms with Crippen molar-refractivity contribution in [3.05, 3.63) is 95.4 Å². The highest BCUT2D eigenvalue weighted by Gasteiger charge is 2.23. The van der Waals surface area contributed by atoms with E-state index in [1.807, 2.05) is 85.1 Å². The van der Waals surface area contributed by atoms with Gasteiger partial charge in [-0.15, -0.1) is 0 Å². The van der Waals surface area contributed by atoms with Gasteiger partial charge < -0.3 is 14.6 Å². The molecule has 0 radical (unpaired) electrons. The van der Waals surface area contributed by atoms with Crippen LogP contribution in [-0.4, -0.2) is 32.8 Å². The molecule has 0 aliphatic rings. The Balaban J connectivity index is 1.49. The van der Waals surface area contributed by atoms with E-state index in [2.05, 4.69) is 26.1 Å². The number of benzene rings is 2. The maximum atomic E-state index is 12.8. The molecule has 35 heavy (non-hydrogen) atoms. The molecular weight excluding hydrogens is 440 g/mol. The maximum Gasteiger partial charge on any atom is 0.340 e. The van der Waals surface area contributed by atoms with Crippen LogP contribution in [0.3, 0.4) is 0 Å². The van der Waals surface area contributed by atoms with Crippen LogP contribution >= 0.6 is 0 Å². The van der Waals surface area contributed by atoms with E-state index in [0.29, 0.717) is 11.4 Å². The van der Waals surface area contributed by atoms with E-state index in [4.69, 9.17) is 9.84 Å². The largest absolute Gasteiger partial charge is 0.452 e. The average molecular weight is 471 g/mol. The van der Waals surface area contributed by atoms with E-state index in [-0.39, 0.29) is 5.41 Å². The molecule has 2 aromatic carbocycles. The highest BCUT2D eigenvalue weighted by molar-refractivity contribution is 5.96. The highest BCUT2D eigenvalue weighted by atomic mass is 16.5. The lowest BCUT2D eigenvalue weighted by atomic mass is 9.92. The predicted molar refractivity (Wildman–Crippen MR) is 136 cm³/mol. The summed E-state index contributed by atoms with van der Waals surface area (Å²) < 4.78 is 9.05. The van der Waals surface area contributed by atoms with Crippen LogP contribution in [0.4, 0.5) is 5.82 Å². The number of anilines is 1. The minimum absolute atomic E-state index is 0.201. The smallest absolute Gasteiger partial charge is 0.340 e. The molecule has 4 aromatic rings. The second kappa shape index (κ2) is 9.62. The second-order valence-corrected chi connectivity index (χ2v) is 9.49. The molecule has 0 fully saturated rings. The van der Waals surface area contributed by atoms with Crippen LogP contribution in [0.5, 0.6) is 0 Å². The number of amides is 1. The lowest BCUT2D eigenvalue weighted by molar-refractivity contribution is -0.119. The molecule has 0 unspecified atom stereocenters. The van der Waals surface area contributed by atoms with Gasteiger partial charge in [-0.3, -0.25) is 4.79 Å². The monoisotopic (exact) mass is 470 g/mol. The van der Waals surface area contributed by atoms with Crippen LogP contribution in [0.1, 0.15) is 48.2 Å². The predicted octanol–water partition coefficient (Wildman–Crippen LogP) is 5.37. The molecule has 4 rings (SSSR count). The Labute approximate surface area is 205 Å². The van der Waals surface area contributed by atoms with Crippen molar-refractivity contribution in [1.82, 2.24) is 14.3 Å². The summed E-state index contributed by atoms with van der Waals surface area (Å²) in [4.78, 5) is 25.5. The van der Waals surface area contributed by atoms with Gasteiger partial charge in [0.25, 0.3) is 5.91 Å². The first kappa shape index (κ1) is 24.0. The fourth-order valence-electron chi connectivity index (χ4n) is 3.93. The third-order valence-electron chi connectivity index (χ3n) is 5.75. The number of hydrogen-bond donors (Lipinski definition) is 1. The van der Waals surface area contributed by atoms with Crippen molar-refractivity contribution in [1.29, 1.82) is 0 Å². The molecule has 1 N–H and O–H groups in total. The summed E-state index contributed by atoms with van der Waals surface area (Å²) in [6.45, 7) is 9.57. The standard InChI is InChI=1S/C28H30N4O3/c1-19-16-23(20(2)31(19)21-12-8-6-9-13-21)27(34)35-18-26(33)29-25-17-24(28(3,4)5)30-32(25)22-14-10-7-11-15-22/h6-17H,18H2,1-5H3,(H,29,33). The topological polar surface area (TPSA) is 78.2 Å². The molecule has 0 spiro atoms. The van der Waals surface area contributed by atoms with Gasteiger partial charge in [0.2, 0.25) is 0 Å². The molecule has 0 saturated heterocycles. The second-order valence-electron chi connectivity index (χ2n) is 9.49. The summed E-state index contributed by atoms with van der Waals surface area (Å²) in [5.41, 5.74) is 4.52. The fraction of sp³-hybridized carbons (Fsp3) is 0.250. The minimum atomic E-state index is -0.539. The lowest BCUT2D eigenvalue weighted by Crippen LogP contribution is -2.22. The Morgan fingerprint density at radius 3 is 2.11 bits per heavy atom. The van der Waals surface area contributed by atoms with Crippen molar-refractivity contribution < 1.29 is 14.3 Å². The number of carbonyl (C=O) groups is 2. The Kier molecular flexibility index (Phi) is 6.60. The summed E-state index contributed by atoms with van der Waals surface area (Å²) >= 11 is 0. The summed E-state index contributed by atoms with van der Waals surface area (Å²) in [5, 5.41) is 7.54. The Morgan fingerprint density at radius 2 is 1.51 bits per heavy atom. The van der Waals surface area contributed by atoms with Crippen LogP contribution in [0.25, 0.3) is 11.4 Å². The van der Waals surface area contributed by atoms with E-state index < -0.39 is 18.5 Å². The van der Waals surface area contributed by atoms with Gasteiger partial charge in [0, 0.05) is 28.6 Å². The number of ether oxygens (including phenoxy) is 1. The molecule has 0 aliphatic carbocycles. The summed E-state index contributed by atoms with van der Waals surface area (Å²) in [6, 6.07) is 23.0. The average Bonchev–Trinajstić information content (AvgIpc) is 3.39. The third kappa shape index (κ3) is 5.19. The maximum absolute atomic E-state index is 12.8. The number of nitrogens with one attached hydrogen (secondary N) is 1. The highest BCUT2D eigenvalue weighted by Crippen LogP contribution is 2.26. The zero-order valence-corrected chi connectivity index (χ0v) is 20.7. The van der Waals surface area contributed by atoms with E-state index in [0.717, 1.165) is 28.5 Å². The normalized spacial score (nSPS) is 11.3. The quantitative estimate of drug-likeness (QED) is 0.384. The molecule has 0 aliphatic heterocycles. The Morgan fingerprint density at radius 1 is 0.914 bits per heavy atom. The zero-order valence-electron chi connectivity index (χ0n) is 20.7. The van der Waals surface area contributed by atoms with Gasteiger partial charge in [-0.05, 0) is 44.2 Å². The van der Waals surface area contributed by atoms with Crippen LogP contribution in [0.15, 0.2) is 72.8 Å². The van der Waals surface area contributed by atoms with Gasteiger partial charge >= 0.3 is 5.97 Å². The molecule has 1 amide bonds. The first-order valence-electron chi connectivity index (χ1n) is 11.5. The molecule has 7 nitrogen and oxygen atoms in total. The van der Waals surface area contributed by atoms with Crippen molar-refractivity contribution in [2.24, 2.45) is 0 Å². The van der Waals surface area contributed by atoms with Crippen molar-refractivity contribution in [3.8, 4) is 11.4 Å². The molecule has 180 valence electrons. The number of nitrogens with zero attached hydrogens (tertiary/aromatic N) is 3. The van der Waals surface area contributed by atoms with Crippen molar-refractivity contribution >= 4 is 17.7 Å². The van der Waals surface area contributed by atoms with Gasteiger partial charge in [-0.2, -0.15) is 5.10 Å². The van der Waals surface area contributed by atoms with Gasteiger partial charge in [0.1, 0.15) is 5.82 Å². The van der Waals surface area contributed by atoms with E-state index in [9.17, 15) is 9.59 Å². The number of esters is 1. The number of hydrogen-bond acceptors (Lipinski definition) is 4. The van der Waals surface area contributed by atoms with Gasteiger partial charge in [-0.1, -0.05) is 57.2 Å². The van der Waals surface area contributed by atoms with E-state index >= 15 is 0 Å². The van der Waals surface area contributed by atoms with Crippen molar-refractivity contribution in [2.75, 3.05) is 11.9 Å². The third-order valence-corrected chi connectivity index (χ3v) is 5.75. The SMILES string of the molecule is Cc1cc(C(=O)OCC(=O)Nc2cc(C(C)(C)C)nn2-c2ccccc2)c(C)n1-c1ccccc1. The van der Waals surface area contributed by atoms with E-state index in [1.54, 1.807) is 10.7 Å². The van der Waals surface area contributed by atoms with Crippen LogP contribution < -0.4 is 5.32 Å². The Bertz CT molecular complexity index is 1350. The van der Waals surface area contributed by atoms with Gasteiger partial charge in [0.05, 0.1) is 16.9 Å². The molecule has 0 atom stereocenters. The van der Waals surface area contributed by atoms with Crippen molar-refractivity contribution in [3.63, 3.8) is 0 Å². The lowest BCUT2D eigenvalue weighted by Gasteiger charge is -2.14. The molecular formula is C28H30N4O3. The summed E-state index contributed by atoms with van der Waals surface area (Å²) in [5.74, 6) is -0.459. The zero-order chi connectivity index (χ0) is 25.2. The number of rotatable bonds is 6. The molecule has 2 heterocycles. The molecule has 0 bridgehead atoms. The molecule has 2 aromatic heterocycles.